The van der Waals surface area contributed by atoms with E-state index in [-0.39, 0.29) is 19.6 Å². The van der Waals surface area contributed by atoms with Gasteiger partial charge < -0.3 is 14.8 Å². The molecule has 0 fully saturated rings. The van der Waals surface area contributed by atoms with Crippen molar-refractivity contribution in [2.75, 3.05) is 6.61 Å². The molecule has 0 saturated heterocycles. The molecule has 0 bridgehead atoms. The Bertz CT molecular complexity index is 485. The third-order valence-electron chi connectivity index (χ3n) is 2.77. The van der Waals surface area contributed by atoms with Gasteiger partial charge in [0.1, 0.15) is 18.3 Å². The third-order valence-corrected chi connectivity index (χ3v) is 2.77. The first-order valence-corrected chi connectivity index (χ1v) is 7.14. The van der Waals surface area contributed by atoms with Crippen LogP contribution in [0.1, 0.15) is 32.8 Å². The van der Waals surface area contributed by atoms with Crippen LogP contribution in [0.25, 0.3) is 0 Å². The Balaban J connectivity index is 2.56. The van der Waals surface area contributed by atoms with Crippen molar-refractivity contribution in [1.29, 1.82) is 0 Å². The number of benzene rings is 1. The average Bonchev–Trinajstić information content (AvgIpc) is 2.44. The zero-order valence-electron chi connectivity index (χ0n) is 13.1. The Hall–Kier alpha value is -2.11. The van der Waals surface area contributed by atoms with E-state index in [1.165, 1.54) is 13.8 Å². The minimum absolute atomic E-state index is 0.0707. The fourth-order valence-electron chi connectivity index (χ4n) is 1.83. The summed E-state index contributed by atoms with van der Waals surface area (Å²) < 4.78 is 23.6. The fraction of sp³-hybridized carbons (Fsp3) is 0.500. The highest BCUT2D eigenvalue weighted by Gasteiger charge is 2.30. The molecular weight excluding hydrogens is 289 g/mol. The normalized spacial score (nSPS) is 12.4. The first kappa shape index (κ1) is 17.9. The third kappa shape index (κ3) is 7.06. The van der Waals surface area contributed by atoms with E-state index in [0.29, 0.717) is 0 Å². The van der Waals surface area contributed by atoms with Crippen molar-refractivity contribution >= 4 is 12.1 Å². The number of esters is 1. The molecule has 1 aromatic carbocycles. The second-order valence-electron chi connectivity index (χ2n) is 5.43. The van der Waals surface area contributed by atoms with Crippen molar-refractivity contribution in [3.05, 3.63) is 35.9 Å². The van der Waals surface area contributed by atoms with Crippen molar-refractivity contribution < 1.29 is 23.5 Å². The highest BCUT2D eigenvalue weighted by molar-refractivity contribution is 5.81. The van der Waals surface area contributed by atoms with Gasteiger partial charge in [0.05, 0.1) is 6.61 Å². The van der Waals surface area contributed by atoms with Gasteiger partial charge in [-0.25, -0.2) is 14.0 Å². The summed E-state index contributed by atoms with van der Waals surface area (Å²) in [6.45, 7) is 4.53. The van der Waals surface area contributed by atoms with Crippen molar-refractivity contribution in [2.24, 2.45) is 0 Å². The molecule has 1 amide bonds. The zero-order chi connectivity index (χ0) is 16.6. The lowest BCUT2D eigenvalue weighted by Crippen LogP contribution is -2.45. The quantitative estimate of drug-likeness (QED) is 0.786. The van der Waals surface area contributed by atoms with Gasteiger partial charge in [0, 0.05) is 6.42 Å². The number of nitrogens with one attached hydrogen (secondary N) is 1. The monoisotopic (exact) mass is 311 g/mol. The van der Waals surface area contributed by atoms with Crippen molar-refractivity contribution in [3.63, 3.8) is 0 Å². The standard InChI is InChI=1S/C16H22FNO4/c1-4-21-14(19)13(10-16(2,3)17)18-15(20)22-11-12-8-6-5-7-9-12/h5-9,13H,4,10-11H2,1-3H3,(H,18,20)/t13-/m0/s1. The summed E-state index contributed by atoms with van der Waals surface area (Å²) in [5.41, 5.74) is -0.805. The number of carbonyl (C=O) groups excluding carboxylic acids is 2. The van der Waals surface area contributed by atoms with E-state index in [0.717, 1.165) is 5.56 Å². The van der Waals surface area contributed by atoms with Crippen LogP contribution in [0.5, 0.6) is 0 Å². The van der Waals surface area contributed by atoms with E-state index < -0.39 is 23.8 Å². The average molecular weight is 311 g/mol. The highest BCUT2D eigenvalue weighted by Crippen LogP contribution is 2.17. The van der Waals surface area contributed by atoms with Crippen LogP contribution in [-0.4, -0.2) is 30.4 Å². The molecule has 1 aromatic rings. The van der Waals surface area contributed by atoms with Crippen LogP contribution >= 0.6 is 0 Å². The van der Waals surface area contributed by atoms with Gasteiger partial charge in [0.2, 0.25) is 0 Å². The van der Waals surface area contributed by atoms with Crippen LogP contribution < -0.4 is 5.32 Å². The maximum atomic E-state index is 13.7. The van der Waals surface area contributed by atoms with Crippen molar-refractivity contribution in [2.45, 2.75) is 45.5 Å². The maximum Gasteiger partial charge on any atom is 0.408 e. The van der Waals surface area contributed by atoms with Gasteiger partial charge in [-0.1, -0.05) is 30.3 Å². The number of amides is 1. The van der Waals surface area contributed by atoms with Crippen LogP contribution in [0.4, 0.5) is 9.18 Å². The van der Waals surface area contributed by atoms with Crippen LogP contribution in [0.2, 0.25) is 0 Å². The number of hydrogen-bond donors (Lipinski definition) is 1. The summed E-state index contributed by atoms with van der Waals surface area (Å²) in [5, 5.41) is 2.35. The second-order valence-corrected chi connectivity index (χ2v) is 5.43. The number of carbonyl (C=O) groups is 2. The van der Waals surface area contributed by atoms with E-state index in [2.05, 4.69) is 5.32 Å². The molecule has 0 aliphatic heterocycles. The Labute approximate surface area is 129 Å². The first-order valence-electron chi connectivity index (χ1n) is 7.14. The second kappa shape index (κ2) is 8.36. The summed E-state index contributed by atoms with van der Waals surface area (Å²) in [5.74, 6) is -0.676. The topological polar surface area (TPSA) is 64.6 Å². The van der Waals surface area contributed by atoms with E-state index in [1.807, 2.05) is 18.2 Å². The molecule has 5 nitrogen and oxygen atoms in total. The number of alkyl carbamates (subject to hydrolysis) is 1. The number of hydrogen-bond acceptors (Lipinski definition) is 4. The summed E-state index contributed by atoms with van der Waals surface area (Å²) in [6, 6.07) is 8.03. The van der Waals surface area contributed by atoms with Gasteiger partial charge in [-0.05, 0) is 26.3 Å². The van der Waals surface area contributed by atoms with Crippen LogP contribution in [0.15, 0.2) is 30.3 Å². The molecule has 0 saturated carbocycles. The molecule has 1 atom stereocenters. The van der Waals surface area contributed by atoms with Gasteiger partial charge in [-0.3, -0.25) is 0 Å². The van der Waals surface area contributed by atoms with Crippen LogP contribution in [0, 0.1) is 0 Å². The van der Waals surface area contributed by atoms with Crippen LogP contribution in [0.3, 0.4) is 0 Å². The fourth-order valence-corrected chi connectivity index (χ4v) is 1.83. The predicted octanol–water partition coefficient (Wildman–Crippen LogP) is 2.98. The summed E-state index contributed by atoms with van der Waals surface area (Å²) in [4.78, 5) is 23.5. The van der Waals surface area contributed by atoms with Gasteiger partial charge in [-0.2, -0.15) is 0 Å². The smallest absolute Gasteiger partial charge is 0.408 e. The zero-order valence-corrected chi connectivity index (χ0v) is 13.1. The highest BCUT2D eigenvalue weighted by atomic mass is 19.1. The Morgan fingerprint density at radius 3 is 2.41 bits per heavy atom. The summed E-state index contributed by atoms with van der Waals surface area (Å²) in [7, 11) is 0. The number of alkyl halides is 1. The minimum atomic E-state index is -1.62. The molecule has 0 aliphatic rings. The number of rotatable bonds is 7. The number of ether oxygens (including phenoxy) is 2. The molecule has 0 aromatic heterocycles. The SMILES string of the molecule is CCOC(=O)[C@H](CC(C)(C)F)NC(=O)OCc1ccccc1. The largest absolute Gasteiger partial charge is 0.464 e. The van der Waals surface area contributed by atoms with Crippen molar-refractivity contribution in [3.8, 4) is 0 Å². The molecule has 122 valence electrons. The molecular formula is C16H22FNO4. The Morgan fingerprint density at radius 1 is 1.23 bits per heavy atom. The van der Waals surface area contributed by atoms with E-state index in [9.17, 15) is 14.0 Å². The van der Waals surface area contributed by atoms with Crippen molar-refractivity contribution in [1.82, 2.24) is 5.32 Å². The Kier molecular flexibility index (Phi) is 6.82. The number of halogens is 1. The minimum Gasteiger partial charge on any atom is -0.464 e. The molecule has 6 heteroatoms. The lowest BCUT2D eigenvalue weighted by Gasteiger charge is -2.22. The molecule has 1 rings (SSSR count). The molecule has 0 unspecified atom stereocenters. The lowest BCUT2D eigenvalue weighted by molar-refractivity contribution is -0.146. The van der Waals surface area contributed by atoms with E-state index in [1.54, 1.807) is 19.1 Å². The summed E-state index contributed by atoms with van der Waals surface area (Å²) in [6.07, 6.45) is -0.974. The van der Waals surface area contributed by atoms with Gasteiger partial charge in [0.15, 0.2) is 0 Å². The van der Waals surface area contributed by atoms with Gasteiger partial charge >= 0.3 is 12.1 Å². The summed E-state index contributed by atoms with van der Waals surface area (Å²) >= 11 is 0. The molecule has 0 spiro atoms. The van der Waals surface area contributed by atoms with Gasteiger partial charge in [-0.15, -0.1) is 0 Å². The molecule has 0 radical (unpaired) electrons. The van der Waals surface area contributed by atoms with Crippen LogP contribution in [-0.2, 0) is 20.9 Å². The first-order chi connectivity index (χ1) is 10.3. The van der Waals surface area contributed by atoms with Gasteiger partial charge in [0.25, 0.3) is 0 Å². The van der Waals surface area contributed by atoms with E-state index in [4.69, 9.17) is 9.47 Å². The lowest BCUT2D eigenvalue weighted by atomic mass is 10.0. The molecule has 22 heavy (non-hydrogen) atoms. The maximum absolute atomic E-state index is 13.7. The Morgan fingerprint density at radius 2 is 1.86 bits per heavy atom. The predicted molar refractivity (Wildman–Crippen MR) is 80.0 cm³/mol. The molecule has 0 aliphatic carbocycles. The molecule has 1 N–H and O–H groups in total. The molecule has 0 heterocycles. The van der Waals surface area contributed by atoms with E-state index >= 15 is 0 Å².